The molecule has 1 atom stereocenters. The maximum atomic E-state index is 14.0. The Kier molecular flexibility index (Phi) is 8.23. The van der Waals surface area contributed by atoms with E-state index in [1.807, 2.05) is 62.3 Å². The van der Waals surface area contributed by atoms with Crippen LogP contribution in [-0.2, 0) is 20.9 Å². The number of amides is 3. The summed E-state index contributed by atoms with van der Waals surface area (Å²) in [4.78, 5) is 57.8. The molecule has 1 N–H and O–H groups in total. The number of nitrogens with zero attached hydrogens (tertiary/aromatic N) is 3. The normalized spacial score (nSPS) is 13.9. The van der Waals surface area contributed by atoms with Crippen molar-refractivity contribution in [3.8, 4) is 5.75 Å². The molecule has 0 spiro atoms. The molecule has 0 saturated carbocycles. The van der Waals surface area contributed by atoms with Crippen LogP contribution in [0.3, 0.4) is 0 Å². The number of hydrogen-bond donors (Lipinski definition) is 1. The Hall–Kier alpha value is -4.66. The lowest BCUT2D eigenvalue weighted by Gasteiger charge is -2.40. The molecule has 4 rings (SSSR count). The van der Waals surface area contributed by atoms with E-state index in [4.69, 9.17) is 4.74 Å². The highest BCUT2D eigenvalue weighted by Crippen LogP contribution is 2.31. The van der Waals surface area contributed by atoms with Gasteiger partial charge >= 0.3 is 0 Å². The number of para-hydroxylation sites is 1. The Morgan fingerprint density at radius 2 is 1.60 bits per heavy atom. The number of ether oxygens (including phenoxy) is 1. The van der Waals surface area contributed by atoms with Gasteiger partial charge in [0.2, 0.25) is 11.8 Å². The van der Waals surface area contributed by atoms with Crippen LogP contribution < -0.4 is 19.9 Å². The summed E-state index contributed by atoms with van der Waals surface area (Å²) in [5, 5.41) is 2.96. The summed E-state index contributed by atoms with van der Waals surface area (Å²) in [6, 6.07) is 21.2. The molecule has 1 aliphatic rings. The molecule has 1 aliphatic heterocycles. The van der Waals surface area contributed by atoms with Gasteiger partial charge in [0, 0.05) is 32.0 Å². The Balaban J connectivity index is 1.66. The van der Waals surface area contributed by atoms with E-state index < -0.39 is 23.1 Å². The zero-order valence-corrected chi connectivity index (χ0v) is 23.4. The van der Waals surface area contributed by atoms with Gasteiger partial charge < -0.3 is 19.9 Å². The van der Waals surface area contributed by atoms with Crippen molar-refractivity contribution in [2.24, 2.45) is 0 Å². The van der Waals surface area contributed by atoms with Gasteiger partial charge in [-0.1, -0.05) is 31.2 Å². The molecule has 208 valence electrons. The second-order valence-electron chi connectivity index (χ2n) is 10.1. The van der Waals surface area contributed by atoms with Crippen molar-refractivity contribution in [2.75, 3.05) is 42.9 Å². The van der Waals surface area contributed by atoms with Crippen molar-refractivity contribution in [2.45, 2.75) is 32.4 Å². The lowest BCUT2D eigenvalue weighted by atomic mass is 9.93. The quantitative estimate of drug-likeness (QED) is 0.387. The number of rotatable bonds is 10. The SMILES string of the molecule is CCC(C)(C(=O)Nc1ccc(N(C)C)cc1)N(Cc1ccc(OC)cc1)C(=O)CN1C(=O)C(=O)c2ccccc21. The maximum Gasteiger partial charge on any atom is 0.299 e. The van der Waals surface area contributed by atoms with Gasteiger partial charge in [0.25, 0.3) is 11.7 Å². The molecule has 9 heteroatoms. The Morgan fingerprint density at radius 3 is 2.20 bits per heavy atom. The van der Waals surface area contributed by atoms with Crippen molar-refractivity contribution in [3.05, 3.63) is 83.9 Å². The number of ketones is 1. The number of fused-ring (bicyclic) bond motifs is 1. The number of carbonyl (C=O) groups is 4. The summed E-state index contributed by atoms with van der Waals surface area (Å²) in [6.45, 7) is 3.28. The maximum absolute atomic E-state index is 14.0. The van der Waals surface area contributed by atoms with Gasteiger partial charge in [-0.3, -0.25) is 24.1 Å². The number of methoxy groups -OCH3 is 1. The zero-order chi connectivity index (χ0) is 29.0. The molecule has 3 amide bonds. The number of Topliss-reactive ketones (excluding diaryl/α,β-unsaturated/α-hetero) is 1. The second-order valence-corrected chi connectivity index (χ2v) is 10.1. The number of hydrogen-bond acceptors (Lipinski definition) is 6. The third-order valence-electron chi connectivity index (χ3n) is 7.39. The molecule has 0 aromatic heterocycles. The first kappa shape index (κ1) is 28.4. The summed E-state index contributed by atoms with van der Waals surface area (Å²) < 4.78 is 5.26. The topological polar surface area (TPSA) is 99.3 Å². The molecule has 0 saturated heterocycles. The van der Waals surface area contributed by atoms with Crippen molar-refractivity contribution in [1.29, 1.82) is 0 Å². The van der Waals surface area contributed by atoms with Crippen LogP contribution in [0.15, 0.2) is 72.8 Å². The monoisotopic (exact) mass is 542 g/mol. The molecule has 3 aromatic rings. The molecule has 1 heterocycles. The van der Waals surface area contributed by atoms with E-state index in [1.54, 1.807) is 50.4 Å². The minimum atomic E-state index is -1.27. The van der Waals surface area contributed by atoms with Gasteiger partial charge in [0.05, 0.1) is 18.4 Å². The molecule has 0 bridgehead atoms. The van der Waals surface area contributed by atoms with Gasteiger partial charge in [-0.05, 0) is 67.4 Å². The number of anilines is 3. The summed E-state index contributed by atoms with van der Waals surface area (Å²) >= 11 is 0. The summed E-state index contributed by atoms with van der Waals surface area (Å²) in [7, 11) is 5.43. The molecule has 0 aliphatic carbocycles. The van der Waals surface area contributed by atoms with Crippen molar-refractivity contribution < 1.29 is 23.9 Å². The van der Waals surface area contributed by atoms with Gasteiger partial charge in [-0.15, -0.1) is 0 Å². The largest absolute Gasteiger partial charge is 0.497 e. The molecule has 9 nitrogen and oxygen atoms in total. The highest BCUT2D eigenvalue weighted by atomic mass is 16.5. The van der Waals surface area contributed by atoms with Crippen LogP contribution in [0, 0.1) is 0 Å². The smallest absolute Gasteiger partial charge is 0.299 e. The number of carbonyl (C=O) groups excluding carboxylic acids is 4. The fourth-order valence-corrected chi connectivity index (χ4v) is 4.66. The van der Waals surface area contributed by atoms with E-state index in [2.05, 4.69) is 5.32 Å². The fourth-order valence-electron chi connectivity index (χ4n) is 4.66. The van der Waals surface area contributed by atoms with Crippen LogP contribution in [0.4, 0.5) is 17.1 Å². The predicted molar refractivity (Wildman–Crippen MR) is 155 cm³/mol. The molecule has 0 radical (unpaired) electrons. The average molecular weight is 543 g/mol. The first-order chi connectivity index (χ1) is 19.1. The van der Waals surface area contributed by atoms with Crippen LogP contribution in [0.5, 0.6) is 5.75 Å². The van der Waals surface area contributed by atoms with Crippen LogP contribution in [0.2, 0.25) is 0 Å². The van der Waals surface area contributed by atoms with E-state index in [1.165, 1.54) is 9.80 Å². The average Bonchev–Trinajstić information content (AvgIpc) is 3.20. The molecule has 1 unspecified atom stereocenters. The standard InChI is InChI=1S/C31H34N4O5/c1-6-31(2,30(39)32-22-13-15-23(16-14-22)33(3)4)35(19-21-11-17-24(40-5)18-12-21)27(36)20-34-26-10-8-7-9-25(26)28(37)29(34)38/h7-18H,6,19-20H2,1-5H3,(H,32,39). The minimum absolute atomic E-state index is 0.109. The third kappa shape index (κ3) is 5.54. The van der Waals surface area contributed by atoms with Crippen molar-refractivity contribution >= 4 is 40.6 Å². The van der Waals surface area contributed by atoms with Crippen molar-refractivity contribution in [1.82, 2.24) is 4.90 Å². The number of benzene rings is 3. The first-order valence-corrected chi connectivity index (χ1v) is 13.1. The van der Waals surface area contributed by atoms with E-state index in [-0.39, 0.29) is 24.6 Å². The van der Waals surface area contributed by atoms with Gasteiger partial charge in [0.15, 0.2) is 0 Å². The lowest BCUT2D eigenvalue weighted by molar-refractivity contribution is -0.145. The first-order valence-electron chi connectivity index (χ1n) is 13.1. The van der Waals surface area contributed by atoms with E-state index in [9.17, 15) is 19.2 Å². The summed E-state index contributed by atoms with van der Waals surface area (Å²) in [5.74, 6) is -1.57. The molecule has 3 aromatic carbocycles. The predicted octanol–water partition coefficient (Wildman–Crippen LogP) is 4.13. The van der Waals surface area contributed by atoms with Crippen LogP contribution in [0.25, 0.3) is 0 Å². The molecular weight excluding hydrogens is 508 g/mol. The highest BCUT2D eigenvalue weighted by molar-refractivity contribution is 6.52. The van der Waals surface area contributed by atoms with Crippen LogP contribution in [0.1, 0.15) is 36.2 Å². The lowest BCUT2D eigenvalue weighted by Crippen LogP contribution is -2.58. The van der Waals surface area contributed by atoms with E-state index in [0.717, 1.165) is 11.3 Å². The van der Waals surface area contributed by atoms with Crippen LogP contribution in [-0.4, -0.2) is 61.7 Å². The van der Waals surface area contributed by atoms with Crippen molar-refractivity contribution in [3.63, 3.8) is 0 Å². The minimum Gasteiger partial charge on any atom is -0.497 e. The Labute approximate surface area is 234 Å². The second kappa shape index (κ2) is 11.6. The fraction of sp³-hybridized carbons (Fsp3) is 0.290. The van der Waals surface area contributed by atoms with E-state index >= 15 is 0 Å². The van der Waals surface area contributed by atoms with Gasteiger partial charge in [-0.25, -0.2) is 0 Å². The third-order valence-corrected chi connectivity index (χ3v) is 7.39. The summed E-state index contributed by atoms with van der Waals surface area (Å²) in [5.41, 5.74) is 1.74. The summed E-state index contributed by atoms with van der Waals surface area (Å²) in [6.07, 6.45) is 0.306. The molecule has 0 fully saturated rings. The zero-order valence-electron chi connectivity index (χ0n) is 23.4. The van der Waals surface area contributed by atoms with E-state index in [0.29, 0.717) is 23.5 Å². The van der Waals surface area contributed by atoms with Gasteiger partial charge in [-0.2, -0.15) is 0 Å². The highest BCUT2D eigenvalue weighted by Gasteiger charge is 2.43. The Morgan fingerprint density at radius 1 is 0.950 bits per heavy atom. The molecular formula is C31H34N4O5. The van der Waals surface area contributed by atoms with Gasteiger partial charge in [0.1, 0.15) is 17.8 Å². The Bertz CT molecular complexity index is 1420. The molecule has 40 heavy (non-hydrogen) atoms. The van der Waals surface area contributed by atoms with Crippen LogP contribution >= 0.6 is 0 Å². The number of nitrogens with one attached hydrogen (secondary N) is 1.